The predicted molar refractivity (Wildman–Crippen MR) is 76.8 cm³/mol. The van der Waals surface area contributed by atoms with E-state index in [1.807, 2.05) is 24.1 Å². The third kappa shape index (κ3) is 4.05. The van der Waals surface area contributed by atoms with E-state index < -0.39 is 0 Å². The van der Waals surface area contributed by atoms with E-state index in [1.54, 1.807) is 0 Å². The Morgan fingerprint density at radius 3 is 2.58 bits per heavy atom. The fraction of sp³-hybridized carbons (Fsp3) is 0.800. The van der Waals surface area contributed by atoms with Crippen LogP contribution >= 0.6 is 0 Å². The molecule has 2 rings (SSSR count). The summed E-state index contributed by atoms with van der Waals surface area (Å²) in [6, 6.07) is 0.0486. The van der Waals surface area contributed by atoms with Gasteiger partial charge in [0.2, 0.25) is 0 Å². The van der Waals surface area contributed by atoms with E-state index in [-0.39, 0.29) is 12.1 Å². The van der Waals surface area contributed by atoms with Gasteiger partial charge in [0.05, 0.1) is 12.3 Å². The minimum Gasteiger partial charge on any atom is -0.369 e. The molecule has 1 aromatic rings. The molecule has 1 aliphatic rings. The number of rotatable bonds is 5. The average molecular weight is 265 g/mol. The highest BCUT2D eigenvalue weighted by atomic mass is 16.5. The molecule has 1 aromatic heterocycles. The fourth-order valence-electron chi connectivity index (χ4n) is 2.81. The Labute approximate surface area is 116 Å². The summed E-state index contributed by atoms with van der Waals surface area (Å²) in [7, 11) is 1.93. The molecule has 108 valence electrons. The van der Waals surface area contributed by atoms with E-state index in [0.717, 1.165) is 12.0 Å². The molecule has 0 spiro atoms. The molecule has 0 aliphatic heterocycles. The molecule has 0 saturated heterocycles. The Hall–Kier alpha value is -0.870. The number of nitrogens with zero attached hydrogens (tertiary/aromatic N) is 2. The molecule has 0 aromatic carbocycles. The fourth-order valence-corrected chi connectivity index (χ4v) is 2.81. The van der Waals surface area contributed by atoms with Crippen molar-refractivity contribution in [2.75, 3.05) is 0 Å². The summed E-state index contributed by atoms with van der Waals surface area (Å²) in [4.78, 5) is 0. The Morgan fingerprint density at radius 1 is 1.37 bits per heavy atom. The molecule has 1 saturated carbocycles. The van der Waals surface area contributed by atoms with Crippen LogP contribution in [0.3, 0.4) is 0 Å². The van der Waals surface area contributed by atoms with Crippen molar-refractivity contribution in [3.8, 4) is 0 Å². The standard InChI is InChI=1S/C15H27N3O/c1-3-14(16)15(12-10-17-18(2)11-12)19-13-8-6-4-5-7-9-13/h10-11,13-15H,3-9,16H2,1-2H3. The van der Waals surface area contributed by atoms with Gasteiger partial charge in [-0.3, -0.25) is 4.68 Å². The highest BCUT2D eigenvalue weighted by molar-refractivity contribution is 5.11. The molecule has 0 radical (unpaired) electrons. The van der Waals surface area contributed by atoms with E-state index >= 15 is 0 Å². The van der Waals surface area contributed by atoms with Crippen molar-refractivity contribution in [2.24, 2.45) is 12.8 Å². The quantitative estimate of drug-likeness (QED) is 0.833. The number of hydrogen-bond acceptors (Lipinski definition) is 3. The van der Waals surface area contributed by atoms with Crippen LogP contribution in [0.4, 0.5) is 0 Å². The SMILES string of the molecule is CCC(N)C(OC1CCCCCC1)c1cnn(C)c1. The summed E-state index contributed by atoms with van der Waals surface area (Å²) in [5, 5.41) is 4.25. The van der Waals surface area contributed by atoms with Gasteiger partial charge in [-0.15, -0.1) is 0 Å². The van der Waals surface area contributed by atoms with Gasteiger partial charge in [-0.05, 0) is 19.3 Å². The second kappa shape index (κ2) is 7.06. The molecule has 2 unspecified atom stereocenters. The van der Waals surface area contributed by atoms with Crippen LogP contribution < -0.4 is 5.73 Å². The highest BCUT2D eigenvalue weighted by Gasteiger charge is 2.25. The van der Waals surface area contributed by atoms with Gasteiger partial charge < -0.3 is 10.5 Å². The van der Waals surface area contributed by atoms with Gasteiger partial charge in [0.25, 0.3) is 0 Å². The van der Waals surface area contributed by atoms with Gasteiger partial charge in [-0.1, -0.05) is 32.6 Å². The van der Waals surface area contributed by atoms with Crippen LogP contribution in [0.1, 0.15) is 63.5 Å². The van der Waals surface area contributed by atoms with E-state index in [2.05, 4.69) is 12.0 Å². The van der Waals surface area contributed by atoms with E-state index in [1.165, 1.54) is 38.5 Å². The van der Waals surface area contributed by atoms with Gasteiger partial charge in [-0.2, -0.15) is 5.10 Å². The summed E-state index contributed by atoms with van der Waals surface area (Å²) in [5.41, 5.74) is 7.36. The normalized spacial score (nSPS) is 21.0. The molecule has 0 amide bonds. The lowest BCUT2D eigenvalue weighted by molar-refractivity contribution is -0.0341. The third-order valence-electron chi connectivity index (χ3n) is 4.05. The summed E-state index contributed by atoms with van der Waals surface area (Å²) in [6.45, 7) is 2.12. The monoisotopic (exact) mass is 265 g/mol. The van der Waals surface area contributed by atoms with Gasteiger partial charge in [0, 0.05) is 24.8 Å². The molecule has 1 aliphatic carbocycles. The zero-order valence-electron chi connectivity index (χ0n) is 12.2. The smallest absolute Gasteiger partial charge is 0.101 e. The Balaban J connectivity index is 2.04. The maximum atomic E-state index is 6.35. The lowest BCUT2D eigenvalue weighted by atomic mass is 10.0. The zero-order chi connectivity index (χ0) is 13.7. The molecule has 2 atom stereocenters. The Kier molecular flexibility index (Phi) is 5.40. The molecular formula is C15H27N3O. The Bertz CT molecular complexity index is 369. The van der Waals surface area contributed by atoms with Crippen molar-refractivity contribution in [1.82, 2.24) is 9.78 Å². The van der Waals surface area contributed by atoms with Crippen LogP contribution in [0.5, 0.6) is 0 Å². The maximum Gasteiger partial charge on any atom is 0.101 e. The zero-order valence-corrected chi connectivity index (χ0v) is 12.2. The molecular weight excluding hydrogens is 238 g/mol. The van der Waals surface area contributed by atoms with E-state index in [9.17, 15) is 0 Å². The molecule has 4 nitrogen and oxygen atoms in total. The van der Waals surface area contributed by atoms with Crippen molar-refractivity contribution in [3.63, 3.8) is 0 Å². The minimum atomic E-state index is -0.0122. The average Bonchev–Trinajstić information content (AvgIpc) is 2.68. The lowest BCUT2D eigenvalue weighted by Crippen LogP contribution is -2.32. The van der Waals surface area contributed by atoms with Crippen LogP contribution in [-0.4, -0.2) is 21.9 Å². The molecule has 0 bridgehead atoms. The first-order valence-electron chi connectivity index (χ1n) is 7.60. The number of aromatic nitrogens is 2. The topological polar surface area (TPSA) is 53.1 Å². The second-order valence-corrected chi connectivity index (χ2v) is 5.69. The van der Waals surface area contributed by atoms with Crippen molar-refractivity contribution in [1.29, 1.82) is 0 Å². The summed E-state index contributed by atoms with van der Waals surface area (Å²) in [5.74, 6) is 0. The first kappa shape index (κ1) is 14.5. The van der Waals surface area contributed by atoms with Crippen LogP contribution in [0, 0.1) is 0 Å². The lowest BCUT2D eigenvalue weighted by Gasteiger charge is -2.27. The number of ether oxygens (including phenoxy) is 1. The van der Waals surface area contributed by atoms with Crippen molar-refractivity contribution >= 4 is 0 Å². The highest BCUT2D eigenvalue weighted by Crippen LogP contribution is 2.28. The summed E-state index contributed by atoms with van der Waals surface area (Å²) in [6.07, 6.45) is 12.8. The molecule has 1 heterocycles. The van der Waals surface area contributed by atoms with Crippen molar-refractivity contribution in [3.05, 3.63) is 18.0 Å². The van der Waals surface area contributed by atoms with Gasteiger partial charge in [0.15, 0.2) is 0 Å². The molecule has 19 heavy (non-hydrogen) atoms. The molecule has 4 heteroatoms. The van der Waals surface area contributed by atoms with Gasteiger partial charge >= 0.3 is 0 Å². The predicted octanol–water partition coefficient (Wildman–Crippen LogP) is 2.94. The molecule has 1 fully saturated rings. The van der Waals surface area contributed by atoms with Gasteiger partial charge in [-0.25, -0.2) is 0 Å². The van der Waals surface area contributed by atoms with E-state index in [0.29, 0.717) is 6.10 Å². The maximum absolute atomic E-state index is 6.35. The molecule has 2 N–H and O–H groups in total. The number of nitrogens with two attached hydrogens (primary N) is 1. The number of hydrogen-bond donors (Lipinski definition) is 1. The largest absolute Gasteiger partial charge is 0.369 e. The first-order chi connectivity index (χ1) is 9.20. The Morgan fingerprint density at radius 2 is 2.05 bits per heavy atom. The first-order valence-corrected chi connectivity index (χ1v) is 7.60. The van der Waals surface area contributed by atoms with Gasteiger partial charge in [0.1, 0.15) is 6.10 Å². The van der Waals surface area contributed by atoms with Crippen molar-refractivity contribution < 1.29 is 4.74 Å². The minimum absolute atomic E-state index is 0.0122. The number of aryl methyl sites for hydroxylation is 1. The van der Waals surface area contributed by atoms with Crippen LogP contribution in [-0.2, 0) is 11.8 Å². The van der Waals surface area contributed by atoms with Crippen molar-refractivity contribution in [2.45, 2.75) is 70.1 Å². The summed E-state index contributed by atoms with van der Waals surface area (Å²) >= 11 is 0. The third-order valence-corrected chi connectivity index (χ3v) is 4.05. The van der Waals surface area contributed by atoms with Crippen LogP contribution in [0.25, 0.3) is 0 Å². The summed E-state index contributed by atoms with van der Waals surface area (Å²) < 4.78 is 8.17. The van der Waals surface area contributed by atoms with Crippen LogP contribution in [0.15, 0.2) is 12.4 Å². The van der Waals surface area contributed by atoms with E-state index in [4.69, 9.17) is 10.5 Å². The van der Waals surface area contributed by atoms with Crippen LogP contribution in [0.2, 0.25) is 0 Å². The second-order valence-electron chi connectivity index (χ2n) is 5.69.